The SMILES string of the molecule is CN(C(=O)O)[C@H]1CCC[C@@H]1C(=O)N1CCC[C@H]1c1ncc(-c2ccc(-c3ccc(-c4cnc([C@@H]5CCCN5C(=O)[C@H]5CCC[C@@H]5N(C)C(=O)O)[nH]4)cc3)cc2)[nH]1. The number of hydrogen-bond acceptors (Lipinski definition) is 6. The molecule has 0 bridgehead atoms. The predicted octanol–water partition coefficient (Wildman–Crippen LogP) is 7.02. The average Bonchev–Trinajstić information content (AvgIpc) is 4.07. The number of nitrogens with one attached hydrogen (secondary N) is 2. The number of carbonyl (C=O) groups excluding carboxylic acids is 2. The largest absolute Gasteiger partial charge is 0.465 e. The van der Waals surface area contributed by atoms with Crippen molar-refractivity contribution in [2.24, 2.45) is 11.8 Å². The van der Waals surface area contributed by atoms with Gasteiger partial charge in [-0.05, 0) is 73.6 Å². The highest BCUT2D eigenvalue weighted by Crippen LogP contribution is 2.39. The fourth-order valence-electron chi connectivity index (χ4n) is 9.71. The number of carboxylic acid groups (broad SMARTS) is 2. The van der Waals surface area contributed by atoms with Crippen LogP contribution in [0.25, 0.3) is 33.6 Å². The molecule has 0 radical (unpaired) electrons. The maximum Gasteiger partial charge on any atom is 0.407 e. The molecule has 2 saturated heterocycles. The van der Waals surface area contributed by atoms with Gasteiger partial charge in [-0.3, -0.25) is 9.59 Å². The van der Waals surface area contributed by atoms with Crippen molar-refractivity contribution >= 4 is 24.0 Å². The molecule has 14 heteroatoms. The van der Waals surface area contributed by atoms with Crippen LogP contribution in [0, 0.1) is 11.8 Å². The molecule has 0 spiro atoms. The fourth-order valence-corrected chi connectivity index (χ4v) is 9.71. The molecule has 0 unspecified atom stereocenters. The van der Waals surface area contributed by atoms with E-state index in [1.807, 2.05) is 22.2 Å². The van der Waals surface area contributed by atoms with E-state index in [1.54, 1.807) is 14.1 Å². The molecular formula is C42H50N8O6. The zero-order valence-corrected chi connectivity index (χ0v) is 31.9. The van der Waals surface area contributed by atoms with Gasteiger partial charge in [0, 0.05) is 39.3 Å². The Kier molecular flexibility index (Phi) is 10.3. The van der Waals surface area contributed by atoms with E-state index in [2.05, 4.69) is 58.5 Å². The third-order valence-electron chi connectivity index (χ3n) is 12.8. The topological polar surface area (TPSA) is 179 Å². The van der Waals surface area contributed by atoms with Gasteiger partial charge < -0.3 is 39.8 Å². The zero-order chi connectivity index (χ0) is 39.1. The highest BCUT2D eigenvalue weighted by atomic mass is 16.4. The monoisotopic (exact) mass is 762 g/mol. The van der Waals surface area contributed by atoms with Gasteiger partial charge in [0.05, 0.1) is 47.7 Å². The van der Waals surface area contributed by atoms with Crippen molar-refractivity contribution in [3.05, 3.63) is 72.6 Å². The van der Waals surface area contributed by atoms with E-state index in [9.17, 15) is 29.4 Å². The predicted molar refractivity (Wildman–Crippen MR) is 208 cm³/mol. The summed E-state index contributed by atoms with van der Waals surface area (Å²) in [5.74, 6) is 0.919. The molecule has 6 atom stereocenters. The number of likely N-dealkylation sites (tertiary alicyclic amines) is 2. The Labute approximate surface area is 325 Å². The van der Waals surface area contributed by atoms with Crippen LogP contribution in [0.2, 0.25) is 0 Å². The summed E-state index contributed by atoms with van der Waals surface area (Å²) in [6.45, 7) is 1.29. The molecule has 14 nitrogen and oxygen atoms in total. The Morgan fingerprint density at radius 2 is 0.946 bits per heavy atom. The summed E-state index contributed by atoms with van der Waals surface area (Å²) >= 11 is 0. The number of rotatable bonds is 9. The maximum absolute atomic E-state index is 13.7. The maximum atomic E-state index is 13.7. The quantitative estimate of drug-likeness (QED) is 0.141. The molecule has 4 heterocycles. The van der Waals surface area contributed by atoms with Crippen LogP contribution in [0.15, 0.2) is 60.9 Å². The molecule has 4 N–H and O–H groups in total. The molecule has 4 aromatic rings. The molecule has 56 heavy (non-hydrogen) atoms. The summed E-state index contributed by atoms with van der Waals surface area (Å²) in [4.78, 5) is 73.5. The molecule has 294 valence electrons. The van der Waals surface area contributed by atoms with Crippen molar-refractivity contribution < 1.29 is 29.4 Å². The van der Waals surface area contributed by atoms with Crippen molar-refractivity contribution in [2.75, 3.05) is 27.2 Å². The van der Waals surface area contributed by atoms with Gasteiger partial charge in [-0.15, -0.1) is 0 Å². The second kappa shape index (κ2) is 15.5. The Morgan fingerprint density at radius 3 is 1.32 bits per heavy atom. The lowest BCUT2D eigenvalue weighted by molar-refractivity contribution is -0.138. The third kappa shape index (κ3) is 7.01. The van der Waals surface area contributed by atoms with Crippen molar-refractivity contribution in [3.8, 4) is 33.6 Å². The number of benzene rings is 2. The number of carbonyl (C=O) groups is 4. The first-order chi connectivity index (χ1) is 27.1. The molecule has 2 aliphatic carbocycles. The molecule has 2 aromatic carbocycles. The molecular weight excluding hydrogens is 713 g/mol. The smallest absolute Gasteiger partial charge is 0.407 e. The number of aromatic amines is 2. The van der Waals surface area contributed by atoms with Gasteiger partial charge in [0.1, 0.15) is 11.6 Å². The summed E-state index contributed by atoms with van der Waals surface area (Å²) in [6, 6.07) is 15.7. The van der Waals surface area contributed by atoms with Crippen molar-refractivity contribution in [1.29, 1.82) is 0 Å². The van der Waals surface area contributed by atoms with E-state index >= 15 is 0 Å². The van der Waals surface area contributed by atoms with Crippen molar-refractivity contribution in [1.82, 2.24) is 39.5 Å². The van der Waals surface area contributed by atoms with Crippen LogP contribution in [0.4, 0.5) is 9.59 Å². The first-order valence-corrected chi connectivity index (χ1v) is 19.9. The van der Waals surface area contributed by atoms with Crippen LogP contribution in [-0.2, 0) is 9.59 Å². The van der Waals surface area contributed by atoms with Crippen LogP contribution in [0.1, 0.15) is 87.9 Å². The number of hydrogen-bond donors (Lipinski definition) is 4. The lowest BCUT2D eigenvalue weighted by Crippen LogP contribution is -2.46. The standard InChI is InChI=1S/C42H50N8O6/c1-47(41(53)54)33-9-3-7-29(33)39(51)49-21-5-11-35(49)37-43-23-31(45-37)27-17-13-25(14-18-27)26-15-19-28(20-16-26)32-24-44-38(46-32)36-12-6-22-50(36)40(52)30-8-4-10-34(30)48(2)42(55)56/h13-20,23-24,29-30,33-36H,3-12,21-22H2,1-2H3,(H,43,45)(H,44,46)(H,53,54)(H,55,56)/t29-,30-,33-,34-,35-,36-/m0/s1. The minimum Gasteiger partial charge on any atom is -0.465 e. The highest BCUT2D eigenvalue weighted by molar-refractivity contribution is 5.82. The van der Waals surface area contributed by atoms with Crippen LogP contribution >= 0.6 is 0 Å². The highest BCUT2D eigenvalue weighted by Gasteiger charge is 2.44. The normalized spacial score (nSPS) is 24.8. The van der Waals surface area contributed by atoms with Gasteiger partial charge in [-0.25, -0.2) is 19.6 Å². The molecule has 4 aliphatic rings. The van der Waals surface area contributed by atoms with E-state index in [0.717, 1.165) is 83.8 Å². The Balaban J connectivity index is 0.909. The van der Waals surface area contributed by atoms with Crippen molar-refractivity contribution in [2.45, 2.75) is 88.4 Å². The Bertz CT molecular complexity index is 1930. The van der Waals surface area contributed by atoms with Gasteiger partial charge in [0.25, 0.3) is 0 Å². The second-order valence-corrected chi connectivity index (χ2v) is 15.9. The van der Waals surface area contributed by atoms with E-state index in [4.69, 9.17) is 9.97 Å². The van der Waals surface area contributed by atoms with E-state index in [1.165, 1.54) is 9.80 Å². The minimum atomic E-state index is -0.998. The number of nitrogens with zero attached hydrogens (tertiary/aromatic N) is 6. The van der Waals surface area contributed by atoms with Crippen LogP contribution in [-0.4, -0.2) is 113 Å². The van der Waals surface area contributed by atoms with E-state index < -0.39 is 12.2 Å². The number of H-pyrrole nitrogens is 2. The van der Waals surface area contributed by atoms with Crippen LogP contribution < -0.4 is 0 Å². The van der Waals surface area contributed by atoms with Gasteiger partial charge in [0.15, 0.2) is 0 Å². The lowest BCUT2D eigenvalue weighted by Gasteiger charge is -2.32. The second-order valence-electron chi connectivity index (χ2n) is 15.9. The molecule has 4 fully saturated rings. The Hall–Kier alpha value is -5.66. The van der Waals surface area contributed by atoms with Gasteiger partial charge in [-0.1, -0.05) is 61.4 Å². The van der Waals surface area contributed by atoms with Gasteiger partial charge in [0.2, 0.25) is 11.8 Å². The lowest BCUT2D eigenvalue weighted by atomic mass is 10.00. The number of imidazole rings is 2. The first kappa shape index (κ1) is 37.3. The fraction of sp³-hybridized carbons (Fsp3) is 0.476. The Morgan fingerprint density at radius 1 is 0.571 bits per heavy atom. The summed E-state index contributed by atoms with van der Waals surface area (Å²) in [5.41, 5.74) is 5.85. The zero-order valence-electron chi connectivity index (χ0n) is 31.9. The summed E-state index contributed by atoms with van der Waals surface area (Å²) in [5, 5.41) is 19.1. The summed E-state index contributed by atoms with van der Waals surface area (Å²) in [7, 11) is 3.12. The summed E-state index contributed by atoms with van der Waals surface area (Å²) < 4.78 is 0. The summed E-state index contributed by atoms with van der Waals surface area (Å²) in [6.07, 6.45) is 9.53. The van der Waals surface area contributed by atoms with Gasteiger partial charge in [-0.2, -0.15) is 0 Å². The number of aromatic nitrogens is 4. The van der Waals surface area contributed by atoms with Gasteiger partial charge >= 0.3 is 12.2 Å². The molecule has 2 aliphatic heterocycles. The third-order valence-corrected chi connectivity index (χ3v) is 12.8. The van der Waals surface area contributed by atoms with E-state index in [0.29, 0.717) is 38.8 Å². The molecule has 2 aromatic heterocycles. The van der Waals surface area contributed by atoms with Crippen LogP contribution in [0.5, 0.6) is 0 Å². The molecule has 2 saturated carbocycles. The van der Waals surface area contributed by atoms with E-state index in [-0.39, 0.29) is 47.8 Å². The van der Waals surface area contributed by atoms with Crippen LogP contribution in [0.3, 0.4) is 0 Å². The molecule has 8 rings (SSSR count). The average molecular weight is 763 g/mol. The number of amides is 4. The molecule has 4 amide bonds. The minimum absolute atomic E-state index is 0.0262. The van der Waals surface area contributed by atoms with Crippen molar-refractivity contribution in [3.63, 3.8) is 0 Å². The first-order valence-electron chi connectivity index (χ1n) is 19.9.